The number of rotatable bonds is 29. The number of hydrogen-bond acceptors (Lipinski definition) is 18. The van der Waals surface area contributed by atoms with Crippen LogP contribution in [-0.4, -0.2) is 181 Å². The first kappa shape index (κ1) is 75.4. The summed E-state index contributed by atoms with van der Waals surface area (Å²) in [6.45, 7) is 7.01. The molecule has 0 unspecified atom stereocenters. The monoisotopic (exact) mass is 1250 g/mol. The van der Waals surface area contributed by atoms with Crippen LogP contribution in [0.15, 0.2) is 54.6 Å². The fraction of sp³-hybridized carbons (Fsp3) is 0.617. The first-order valence-corrected chi connectivity index (χ1v) is 30.7. The van der Waals surface area contributed by atoms with Gasteiger partial charge in [0, 0.05) is 31.5 Å². The molecule has 12 atom stereocenters. The minimum Gasteiger partial charge on any atom is -0.399 e. The standard InChI is InChI=1S/C60H98N16O13/c1-6-7-8-9-13-16-48(79)67-40(21-26-61)55(84)76-50(36(5)78)60(89)71-43(24-29-64)51(80)70-44-25-30-66-59(88)49(35(4)77)75-58(87)47(33-38-17-19-39(65)20-18-38)74-53(82)42(23-28-63)69-56(85)45(31-34(2)3)72-57(86)46(32-37-14-11-10-12-15-37)73-52(81)41(22-27-62)68-54(44)83/h10-12,14-15,17-20,34-36,40-47,49-50,77-78H,6-9,13,16,21-33,61-65H2,1-5H3,(H,66,88)(H,67,79)(H,68,83)(H,69,85)(H,70,80)(H,71,89)(H,72,86)(H,73,81)(H,74,82)(H,75,87)(H,76,84)/t35-,36-,40+,41+,42+,43+,44+,45+,46-,47+,49+,50+/m1/s1. The molecule has 3 rings (SSSR count). The summed E-state index contributed by atoms with van der Waals surface area (Å²) in [6, 6.07) is -0.0541. The Kier molecular flexibility index (Phi) is 33.8. The summed E-state index contributed by atoms with van der Waals surface area (Å²) in [5.74, 6) is -9.98. The highest BCUT2D eigenvalue weighted by Crippen LogP contribution is 2.14. The highest BCUT2D eigenvalue weighted by atomic mass is 16.3. The summed E-state index contributed by atoms with van der Waals surface area (Å²) in [7, 11) is 0. The van der Waals surface area contributed by atoms with Gasteiger partial charge in [0.15, 0.2) is 0 Å². The van der Waals surface area contributed by atoms with Gasteiger partial charge in [-0.25, -0.2) is 0 Å². The highest BCUT2D eigenvalue weighted by molar-refractivity contribution is 5.99. The SMILES string of the molecule is CCCCCCCC(=O)N[C@@H](CCN)C(=O)N[C@H](C(=O)N[C@@H](CCN)C(=O)N[C@H]1CCNC(=O)[C@H]([C@@H](C)O)NC(=O)[C@H](Cc2ccc(N)cc2)NC(=O)[C@H](CCN)NC(=O)[C@H](CC(C)C)NC(=O)[C@@H](Cc2ccccc2)NC(=O)[C@H](CCN)NC1=O)[C@@H](C)O. The topological polar surface area (TPSA) is 491 Å². The third kappa shape index (κ3) is 26.8. The number of nitrogens with one attached hydrogen (secondary N) is 11. The third-order valence-electron chi connectivity index (χ3n) is 14.7. The molecule has 0 bridgehead atoms. The van der Waals surface area contributed by atoms with Crippen molar-refractivity contribution in [2.75, 3.05) is 38.5 Å². The average molecular weight is 1250 g/mol. The van der Waals surface area contributed by atoms with Crippen LogP contribution >= 0.6 is 0 Å². The minimum absolute atomic E-state index is 0.0178. The first-order chi connectivity index (χ1) is 42.3. The van der Waals surface area contributed by atoms with Gasteiger partial charge >= 0.3 is 0 Å². The molecule has 0 radical (unpaired) electrons. The van der Waals surface area contributed by atoms with Crippen molar-refractivity contribution in [2.24, 2.45) is 28.9 Å². The summed E-state index contributed by atoms with van der Waals surface area (Å²) < 4.78 is 0. The van der Waals surface area contributed by atoms with E-state index in [1.54, 1.807) is 68.4 Å². The Morgan fingerprint density at radius 2 is 1.04 bits per heavy atom. The van der Waals surface area contributed by atoms with Gasteiger partial charge in [0.1, 0.15) is 60.4 Å². The van der Waals surface area contributed by atoms with Crippen LogP contribution in [0.3, 0.4) is 0 Å². The number of aliphatic hydroxyl groups excluding tert-OH is 2. The van der Waals surface area contributed by atoms with E-state index in [0.717, 1.165) is 25.7 Å². The van der Waals surface area contributed by atoms with Crippen LogP contribution in [0.4, 0.5) is 5.69 Å². The van der Waals surface area contributed by atoms with E-state index in [-0.39, 0.29) is 83.5 Å². The number of benzene rings is 2. The number of unbranched alkanes of at least 4 members (excludes halogenated alkanes) is 4. The molecule has 496 valence electrons. The maximum atomic E-state index is 14.6. The molecule has 89 heavy (non-hydrogen) atoms. The van der Waals surface area contributed by atoms with Crippen LogP contribution in [-0.2, 0) is 65.6 Å². The number of carbonyl (C=O) groups is 11. The van der Waals surface area contributed by atoms with Gasteiger partial charge in [-0.05, 0) is 114 Å². The van der Waals surface area contributed by atoms with Crippen molar-refractivity contribution in [3.8, 4) is 0 Å². The molecule has 0 aromatic heterocycles. The van der Waals surface area contributed by atoms with E-state index in [2.05, 4.69) is 65.4 Å². The summed E-state index contributed by atoms with van der Waals surface area (Å²) in [5, 5.41) is 50.2. The molecule has 2 aromatic carbocycles. The summed E-state index contributed by atoms with van der Waals surface area (Å²) in [5.41, 5.74) is 31.1. The van der Waals surface area contributed by atoms with Gasteiger partial charge in [0.2, 0.25) is 65.0 Å². The van der Waals surface area contributed by atoms with Crippen molar-refractivity contribution in [1.82, 2.24) is 58.5 Å². The Balaban J connectivity index is 2.13. The molecule has 11 amide bonds. The van der Waals surface area contributed by atoms with E-state index in [0.29, 0.717) is 23.2 Å². The lowest BCUT2D eigenvalue weighted by atomic mass is 10.00. The third-order valence-corrected chi connectivity index (χ3v) is 14.7. The lowest BCUT2D eigenvalue weighted by Gasteiger charge is -2.29. The number of nitrogen functional groups attached to an aromatic ring is 1. The Labute approximate surface area is 520 Å². The Hall–Kier alpha value is -7.83. The Bertz CT molecular complexity index is 2610. The largest absolute Gasteiger partial charge is 0.399 e. The van der Waals surface area contributed by atoms with Crippen LogP contribution in [0.1, 0.15) is 123 Å². The van der Waals surface area contributed by atoms with Gasteiger partial charge in [-0.15, -0.1) is 0 Å². The summed E-state index contributed by atoms with van der Waals surface area (Å²) >= 11 is 0. The fourth-order valence-corrected chi connectivity index (χ4v) is 9.69. The lowest BCUT2D eigenvalue weighted by molar-refractivity contribution is -0.137. The van der Waals surface area contributed by atoms with Crippen molar-refractivity contribution >= 4 is 70.7 Å². The second-order valence-corrected chi connectivity index (χ2v) is 22.8. The van der Waals surface area contributed by atoms with Crippen molar-refractivity contribution in [2.45, 2.75) is 197 Å². The highest BCUT2D eigenvalue weighted by Gasteiger charge is 2.38. The molecule has 29 heteroatoms. The molecule has 29 nitrogen and oxygen atoms in total. The normalized spacial score (nSPS) is 22.0. The van der Waals surface area contributed by atoms with Gasteiger partial charge in [-0.1, -0.05) is 88.9 Å². The van der Waals surface area contributed by atoms with E-state index in [1.165, 1.54) is 13.8 Å². The van der Waals surface area contributed by atoms with Crippen molar-refractivity contribution in [1.29, 1.82) is 0 Å². The van der Waals surface area contributed by atoms with Crippen LogP contribution in [0.5, 0.6) is 0 Å². The van der Waals surface area contributed by atoms with Crippen LogP contribution < -0.4 is 87.2 Å². The minimum atomic E-state index is -1.72. The summed E-state index contributed by atoms with van der Waals surface area (Å²) in [6.07, 6.45) is -0.0851. The van der Waals surface area contributed by atoms with Crippen LogP contribution in [0, 0.1) is 5.92 Å². The van der Waals surface area contributed by atoms with E-state index in [4.69, 9.17) is 28.7 Å². The van der Waals surface area contributed by atoms with Crippen LogP contribution in [0.2, 0.25) is 0 Å². The zero-order valence-corrected chi connectivity index (χ0v) is 51.9. The fourth-order valence-electron chi connectivity index (χ4n) is 9.69. The molecule has 1 aliphatic rings. The van der Waals surface area contributed by atoms with Gasteiger partial charge < -0.3 is 97.4 Å². The van der Waals surface area contributed by atoms with Gasteiger partial charge in [0.25, 0.3) is 0 Å². The second-order valence-electron chi connectivity index (χ2n) is 22.8. The maximum absolute atomic E-state index is 14.6. The molecule has 2 aromatic rings. The van der Waals surface area contributed by atoms with Crippen molar-refractivity contribution < 1.29 is 63.0 Å². The van der Waals surface area contributed by atoms with Gasteiger partial charge in [-0.2, -0.15) is 0 Å². The van der Waals surface area contributed by atoms with E-state index in [1.807, 2.05) is 0 Å². The number of amides is 11. The quantitative estimate of drug-likeness (QED) is 0.0273. The molecule has 23 N–H and O–H groups in total. The van der Waals surface area contributed by atoms with E-state index in [9.17, 15) is 63.0 Å². The first-order valence-electron chi connectivity index (χ1n) is 30.7. The molecule has 1 aliphatic heterocycles. The smallest absolute Gasteiger partial charge is 0.245 e. The lowest BCUT2D eigenvalue weighted by Crippen LogP contribution is -2.62. The number of aliphatic hydroxyl groups is 2. The molecular weight excluding hydrogens is 1150 g/mol. The molecule has 0 aliphatic carbocycles. The predicted octanol–water partition coefficient (Wildman–Crippen LogP) is -4.01. The number of carbonyl (C=O) groups excluding carboxylic acids is 11. The molecular formula is C60H98N16O13. The van der Waals surface area contributed by atoms with E-state index >= 15 is 0 Å². The predicted molar refractivity (Wildman–Crippen MR) is 333 cm³/mol. The zero-order valence-electron chi connectivity index (χ0n) is 51.9. The molecule has 1 fully saturated rings. The van der Waals surface area contributed by atoms with E-state index < -0.39 is 151 Å². The Morgan fingerprint density at radius 1 is 0.551 bits per heavy atom. The molecule has 0 spiro atoms. The average Bonchev–Trinajstić information content (AvgIpc) is 2.93. The number of hydrogen-bond donors (Lipinski definition) is 18. The number of anilines is 1. The second kappa shape index (κ2) is 39.9. The van der Waals surface area contributed by atoms with Gasteiger partial charge in [0.05, 0.1) is 12.2 Å². The summed E-state index contributed by atoms with van der Waals surface area (Å²) in [4.78, 5) is 156. The zero-order chi connectivity index (χ0) is 66.2. The van der Waals surface area contributed by atoms with Crippen molar-refractivity contribution in [3.63, 3.8) is 0 Å². The maximum Gasteiger partial charge on any atom is 0.245 e. The van der Waals surface area contributed by atoms with Crippen molar-refractivity contribution in [3.05, 3.63) is 65.7 Å². The van der Waals surface area contributed by atoms with Gasteiger partial charge in [-0.3, -0.25) is 52.7 Å². The molecule has 1 heterocycles. The Morgan fingerprint density at radius 3 is 1.57 bits per heavy atom. The molecule has 0 saturated carbocycles. The number of nitrogens with two attached hydrogens (primary N) is 5. The van der Waals surface area contributed by atoms with Crippen LogP contribution in [0.25, 0.3) is 0 Å². The molecule has 1 saturated heterocycles.